The normalized spacial score (nSPS) is 11.6. The summed E-state index contributed by atoms with van der Waals surface area (Å²) < 4.78 is 4.90. The number of hydrogen-bond acceptors (Lipinski definition) is 5. The van der Waals surface area contributed by atoms with E-state index in [1.54, 1.807) is 0 Å². The molecule has 4 aromatic heterocycles. The molecule has 5 nitrogen and oxygen atoms in total. The maximum Gasteiger partial charge on any atom is 0.163 e. The molecular formula is C51H33N5S. The first-order chi connectivity index (χ1) is 28.3. The van der Waals surface area contributed by atoms with Crippen LogP contribution in [0.2, 0.25) is 0 Å². The second-order valence-corrected chi connectivity index (χ2v) is 15.3. The lowest BCUT2D eigenvalue weighted by Gasteiger charge is -2.17. The van der Waals surface area contributed by atoms with Gasteiger partial charge in [0, 0.05) is 65.8 Å². The Bertz CT molecular complexity index is 3200. The predicted octanol–water partition coefficient (Wildman–Crippen LogP) is 13.0. The summed E-state index contributed by atoms with van der Waals surface area (Å²) in [5, 5.41) is 4.88. The number of fused-ring (bicyclic) bond motifs is 7. The molecule has 4 heterocycles. The fourth-order valence-corrected chi connectivity index (χ4v) is 9.28. The van der Waals surface area contributed by atoms with E-state index < -0.39 is 0 Å². The lowest BCUT2D eigenvalue weighted by Crippen LogP contribution is -2.08. The summed E-state index contributed by atoms with van der Waals surface area (Å²) >= 11 is 1.83. The highest BCUT2D eigenvalue weighted by molar-refractivity contribution is 7.26. The van der Waals surface area contributed by atoms with Crippen LogP contribution in [-0.2, 0) is 6.42 Å². The van der Waals surface area contributed by atoms with Gasteiger partial charge in [0.15, 0.2) is 11.6 Å². The number of pyridine rings is 1. The number of rotatable bonds is 7. The minimum absolute atomic E-state index is 0.431. The third kappa shape index (κ3) is 5.77. The van der Waals surface area contributed by atoms with Gasteiger partial charge in [0.2, 0.25) is 0 Å². The van der Waals surface area contributed by atoms with Crippen molar-refractivity contribution in [2.45, 2.75) is 6.42 Å². The van der Waals surface area contributed by atoms with Crippen molar-refractivity contribution in [3.8, 4) is 50.8 Å². The number of aromatic nitrogens is 5. The standard InChI is InChI=1S/C51H33N5S/c1-4-16-33(17-5-1)38-22-10-11-23-39(38)37-30-36(31-46-53-49(34-18-6-2-7-19-34)55-50(54-46)35-20-8-3-9-21-35)51(52-32-37)56-43-26-14-12-24-40(43)41-28-29-45-47(48(41)56)42-25-13-15-27-44(42)57-45/h1-30,32H,31H2. The molecule has 7 aromatic carbocycles. The van der Waals surface area contributed by atoms with Crippen LogP contribution in [0.4, 0.5) is 0 Å². The first kappa shape index (κ1) is 33.1. The minimum Gasteiger partial charge on any atom is -0.293 e. The van der Waals surface area contributed by atoms with Crippen LogP contribution in [0.15, 0.2) is 188 Å². The van der Waals surface area contributed by atoms with Crippen molar-refractivity contribution in [2.24, 2.45) is 0 Å². The molecule has 0 radical (unpaired) electrons. The Kier molecular flexibility index (Phi) is 8.00. The van der Waals surface area contributed by atoms with Gasteiger partial charge in [0.1, 0.15) is 11.6 Å². The minimum atomic E-state index is 0.431. The maximum absolute atomic E-state index is 5.46. The number of nitrogens with zero attached hydrogens (tertiary/aromatic N) is 5. The first-order valence-corrected chi connectivity index (χ1v) is 19.9. The number of para-hydroxylation sites is 1. The lowest BCUT2D eigenvalue weighted by molar-refractivity contribution is 0.914. The quantitative estimate of drug-likeness (QED) is 0.163. The Morgan fingerprint density at radius 1 is 0.456 bits per heavy atom. The molecule has 0 unspecified atom stereocenters. The lowest BCUT2D eigenvalue weighted by atomic mass is 9.94. The zero-order valence-electron chi connectivity index (χ0n) is 30.7. The third-order valence-electron chi connectivity index (χ3n) is 10.7. The van der Waals surface area contributed by atoms with Crippen LogP contribution in [0.5, 0.6) is 0 Å². The maximum atomic E-state index is 5.46. The van der Waals surface area contributed by atoms with Gasteiger partial charge >= 0.3 is 0 Å². The number of thiophene rings is 1. The molecule has 0 bridgehead atoms. The SMILES string of the molecule is c1ccc(-c2nc(Cc3cc(-c4ccccc4-c4ccccc4)cnc3-n3c4ccccc4c4ccc5sc6ccccc6c5c43)nc(-c3ccccc3)n2)cc1. The van der Waals surface area contributed by atoms with Crippen LogP contribution >= 0.6 is 11.3 Å². The van der Waals surface area contributed by atoms with Crippen LogP contribution in [0.1, 0.15) is 11.4 Å². The fraction of sp³-hybridized carbons (Fsp3) is 0.0196. The molecule has 0 aliphatic heterocycles. The van der Waals surface area contributed by atoms with Gasteiger partial charge in [0.25, 0.3) is 0 Å². The molecule has 11 rings (SSSR count). The van der Waals surface area contributed by atoms with Gasteiger partial charge in [-0.3, -0.25) is 4.57 Å². The van der Waals surface area contributed by atoms with E-state index >= 15 is 0 Å². The van der Waals surface area contributed by atoms with Gasteiger partial charge in [-0.05, 0) is 41.0 Å². The first-order valence-electron chi connectivity index (χ1n) is 19.1. The molecule has 0 saturated carbocycles. The fourth-order valence-electron chi connectivity index (χ4n) is 8.17. The molecule has 0 saturated heterocycles. The van der Waals surface area contributed by atoms with Crippen molar-refractivity contribution in [3.63, 3.8) is 0 Å². The summed E-state index contributed by atoms with van der Waals surface area (Å²) in [7, 11) is 0. The van der Waals surface area contributed by atoms with Crippen LogP contribution < -0.4 is 0 Å². The molecule has 0 aliphatic carbocycles. The molecule has 268 valence electrons. The van der Waals surface area contributed by atoms with E-state index in [1.165, 1.54) is 30.9 Å². The van der Waals surface area contributed by atoms with E-state index in [-0.39, 0.29) is 0 Å². The van der Waals surface area contributed by atoms with Crippen molar-refractivity contribution in [1.29, 1.82) is 0 Å². The summed E-state index contributed by atoms with van der Waals surface area (Å²) in [5.41, 5.74) is 9.61. The Morgan fingerprint density at radius 2 is 1.04 bits per heavy atom. The van der Waals surface area contributed by atoms with Gasteiger partial charge < -0.3 is 0 Å². The molecule has 0 fully saturated rings. The van der Waals surface area contributed by atoms with Gasteiger partial charge in [-0.2, -0.15) is 0 Å². The molecule has 57 heavy (non-hydrogen) atoms. The Labute approximate surface area is 333 Å². The predicted molar refractivity (Wildman–Crippen MR) is 236 cm³/mol. The zero-order chi connectivity index (χ0) is 37.7. The molecule has 11 aromatic rings. The Balaban J connectivity index is 1.20. The topological polar surface area (TPSA) is 56.5 Å². The monoisotopic (exact) mass is 747 g/mol. The van der Waals surface area contributed by atoms with E-state index in [1.807, 2.05) is 53.9 Å². The van der Waals surface area contributed by atoms with Crippen molar-refractivity contribution in [2.75, 3.05) is 0 Å². The molecule has 0 atom stereocenters. The van der Waals surface area contributed by atoms with Crippen molar-refractivity contribution >= 4 is 53.3 Å². The average Bonchev–Trinajstić information content (AvgIpc) is 3.83. The van der Waals surface area contributed by atoms with E-state index in [2.05, 4.69) is 150 Å². The summed E-state index contributed by atoms with van der Waals surface area (Å²) in [6.07, 6.45) is 2.46. The highest BCUT2D eigenvalue weighted by Crippen LogP contribution is 2.44. The average molecular weight is 748 g/mol. The smallest absolute Gasteiger partial charge is 0.163 e. The Hall–Kier alpha value is -7.28. The van der Waals surface area contributed by atoms with Crippen LogP contribution in [0.25, 0.3) is 92.8 Å². The number of hydrogen-bond donors (Lipinski definition) is 0. The number of benzene rings is 7. The van der Waals surface area contributed by atoms with E-state index in [4.69, 9.17) is 19.9 Å². The van der Waals surface area contributed by atoms with Crippen molar-refractivity contribution in [1.82, 2.24) is 24.5 Å². The van der Waals surface area contributed by atoms with Gasteiger partial charge in [-0.15, -0.1) is 11.3 Å². The van der Waals surface area contributed by atoms with Crippen molar-refractivity contribution in [3.05, 3.63) is 200 Å². The van der Waals surface area contributed by atoms with Crippen LogP contribution in [0.3, 0.4) is 0 Å². The molecule has 0 amide bonds. The van der Waals surface area contributed by atoms with E-state index in [9.17, 15) is 0 Å². The largest absolute Gasteiger partial charge is 0.293 e. The summed E-state index contributed by atoms with van der Waals surface area (Å²) in [6.45, 7) is 0. The van der Waals surface area contributed by atoms with Gasteiger partial charge in [-0.25, -0.2) is 19.9 Å². The second-order valence-electron chi connectivity index (χ2n) is 14.2. The third-order valence-corrected chi connectivity index (χ3v) is 11.9. The molecule has 0 N–H and O–H groups in total. The zero-order valence-corrected chi connectivity index (χ0v) is 31.6. The van der Waals surface area contributed by atoms with Crippen LogP contribution in [-0.4, -0.2) is 24.5 Å². The van der Waals surface area contributed by atoms with E-state index in [0.29, 0.717) is 23.9 Å². The summed E-state index contributed by atoms with van der Waals surface area (Å²) in [6, 6.07) is 63.7. The second kappa shape index (κ2) is 13.8. The molecule has 0 aliphatic rings. The summed E-state index contributed by atoms with van der Waals surface area (Å²) in [4.78, 5) is 20.8. The molecule has 0 spiro atoms. The highest BCUT2D eigenvalue weighted by Gasteiger charge is 2.22. The van der Waals surface area contributed by atoms with Crippen molar-refractivity contribution < 1.29 is 0 Å². The van der Waals surface area contributed by atoms with E-state index in [0.717, 1.165) is 55.8 Å². The molecule has 6 heteroatoms. The molecular weight excluding hydrogens is 715 g/mol. The Morgan fingerprint density at radius 3 is 1.74 bits per heavy atom. The summed E-state index contributed by atoms with van der Waals surface area (Å²) in [5.74, 6) is 2.81. The van der Waals surface area contributed by atoms with Gasteiger partial charge in [-0.1, -0.05) is 158 Å². The highest BCUT2D eigenvalue weighted by atomic mass is 32.1. The van der Waals surface area contributed by atoms with Gasteiger partial charge in [0.05, 0.1) is 11.0 Å². The van der Waals surface area contributed by atoms with Crippen LogP contribution in [0, 0.1) is 0 Å².